The summed E-state index contributed by atoms with van der Waals surface area (Å²) in [6.45, 7) is 3.48. The van der Waals surface area contributed by atoms with E-state index >= 15 is 0 Å². The number of likely N-dealkylation sites (tertiary alicyclic amines) is 1. The van der Waals surface area contributed by atoms with Crippen molar-refractivity contribution in [1.29, 1.82) is 0 Å². The number of hydrogen-bond donors (Lipinski definition) is 1. The number of carbonyl (C=O) groups excluding carboxylic acids is 1. The van der Waals surface area contributed by atoms with Crippen LogP contribution in [0.25, 0.3) is 21.5 Å². The minimum Gasteiger partial charge on any atom is -0.349 e. The molecule has 1 aliphatic carbocycles. The molecule has 0 atom stereocenters. The van der Waals surface area contributed by atoms with Crippen molar-refractivity contribution < 1.29 is 4.79 Å². The lowest BCUT2D eigenvalue weighted by Gasteiger charge is -2.35. The predicted molar refractivity (Wildman–Crippen MR) is 134 cm³/mol. The molecule has 3 aromatic rings. The summed E-state index contributed by atoms with van der Waals surface area (Å²) in [5.74, 6) is 0.958. The van der Waals surface area contributed by atoms with Gasteiger partial charge in [-0.1, -0.05) is 80.6 Å². The van der Waals surface area contributed by atoms with Crippen LogP contribution in [0.5, 0.6) is 0 Å². The Kier molecular flexibility index (Phi) is 6.73. The SMILES string of the molecule is O=C(NC1CCN(CC2CCCCCCC2)CC1)c1c2ccccc2cc2ccccc12. The van der Waals surface area contributed by atoms with Crippen LogP contribution < -0.4 is 5.32 Å². The molecule has 5 rings (SSSR count). The second-order valence-electron chi connectivity index (χ2n) is 9.95. The number of piperidine rings is 1. The van der Waals surface area contributed by atoms with Crippen molar-refractivity contribution >= 4 is 27.5 Å². The first kappa shape index (κ1) is 21.5. The van der Waals surface area contributed by atoms with Crippen molar-refractivity contribution in [3.63, 3.8) is 0 Å². The summed E-state index contributed by atoms with van der Waals surface area (Å²) in [4.78, 5) is 16.1. The van der Waals surface area contributed by atoms with Gasteiger partial charge in [-0.2, -0.15) is 0 Å². The molecule has 0 spiro atoms. The smallest absolute Gasteiger partial charge is 0.252 e. The van der Waals surface area contributed by atoms with Gasteiger partial charge in [-0.05, 0) is 59.2 Å². The minimum atomic E-state index is 0.0801. The van der Waals surface area contributed by atoms with Gasteiger partial charge in [0, 0.05) is 25.7 Å². The molecule has 3 nitrogen and oxygen atoms in total. The third-order valence-electron chi connectivity index (χ3n) is 7.66. The number of nitrogens with one attached hydrogen (secondary N) is 1. The molecule has 1 saturated carbocycles. The van der Waals surface area contributed by atoms with Crippen molar-refractivity contribution in [2.45, 2.75) is 63.8 Å². The number of nitrogens with zero attached hydrogens (tertiary/aromatic N) is 1. The number of hydrogen-bond acceptors (Lipinski definition) is 2. The van der Waals surface area contributed by atoms with Crippen LogP contribution in [0, 0.1) is 5.92 Å². The summed E-state index contributed by atoms with van der Waals surface area (Å²) in [7, 11) is 0. The zero-order valence-corrected chi connectivity index (χ0v) is 19.2. The van der Waals surface area contributed by atoms with Crippen LogP contribution in [0.1, 0.15) is 68.1 Å². The third kappa shape index (κ3) is 4.83. The van der Waals surface area contributed by atoms with E-state index in [0.717, 1.165) is 59.0 Å². The Morgan fingerprint density at radius 1 is 0.781 bits per heavy atom. The van der Waals surface area contributed by atoms with Crippen LogP contribution in [0.4, 0.5) is 0 Å². The lowest BCUT2D eigenvalue weighted by atomic mass is 9.90. The molecule has 0 aromatic heterocycles. The lowest BCUT2D eigenvalue weighted by Crippen LogP contribution is -2.45. The second kappa shape index (κ2) is 10.0. The molecule has 3 heteroatoms. The van der Waals surface area contributed by atoms with Gasteiger partial charge in [0.05, 0.1) is 5.56 Å². The molecule has 1 saturated heterocycles. The molecule has 0 unspecified atom stereocenters. The van der Waals surface area contributed by atoms with Crippen molar-refractivity contribution in [3.05, 3.63) is 60.2 Å². The van der Waals surface area contributed by atoms with Gasteiger partial charge in [0.15, 0.2) is 0 Å². The molecule has 32 heavy (non-hydrogen) atoms. The Balaban J connectivity index is 1.25. The third-order valence-corrected chi connectivity index (χ3v) is 7.66. The maximum atomic E-state index is 13.5. The average molecular weight is 429 g/mol. The van der Waals surface area contributed by atoms with Crippen LogP contribution in [-0.2, 0) is 0 Å². The molecular formula is C29H36N2O. The fraction of sp³-hybridized carbons (Fsp3) is 0.483. The number of carbonyl (C=O) groups is 1. The van der Waals surface area contributed by atoms with Crippen LogP contribution >= 0.6 is 0 Å². The maximum Gasteiger partial charge on any atom is 0.252 e. The quantitative estimate of drug-likeness (QED) is 0.478. The Labute approximate surface area is 192 Å². The van der Waals surface area contributed by atoms with Gasteiger partial charge in [-0.25, -0.2) is 0 Å². The summed E-state index contributed by atoms with van der Waals surface area (Å²) in [6.07, 6.45) is 12.0. The molecule has 0 bridgehead atoms. The van der Waals surface area contributed by atoms with Gasteiger partial charge in [0.25, 0.3) is 5.91 Å². The standard InChI is InChI=1S/C29H36N2O/c32-29(28-26-14-8-6-12-23(26)20-24-13-7-9-15-27(24)28)30-25-16-18-31(19-17-25)21-22-10-4-2-1-3-5-11-22/h6-9,12-15,20,22,25H,1-5,10-11,16-19,21H2,(H,30,32). The molecule has 3 aromatic carbocycles. The Morgan fingerprint density at radius 3 is 1.97 bits per heavy atom. The van der Waals surface area contributed by atoms with E-state index in [1.807, 2.05) is 24.3 Å². The van der Waals surface area contributed by atoms with Gasteiger partial charge < -0.3 is 10.2 Å². The van der Waals surface area contributed by atoms with E-state index in [9.17, 15) is 4.79 Å². The van der Waals surface area contributed by atoms with Crippen LogP contribution in [-0.4, -0.2) is 36.5 Å². The highest BCUT2D eigenvalue weighted by Crippen LogP contribution is 2.29. The van der Waals surface area contributed by atoms with Crippen LogP contribution in [0.15, 0.2) is 54.6 Å². The summed E-state index contributed by atoms with van der Waals surface area (Å²) < 4.78 is 0. The average Bonchev–Trinajstić information content (AvgIpc) is 2.80. The molecule has 2 fully saturated rings. The summed E-state index contributed by atoms with van der Waals surface area (Å²) in [6, 6.07) is 19.0. The lowest BCUT2D eigenvalue weighted by molar-refractivity contribution is 0.0906. The van der Waals surface area contributed by atoms with Crippen LogP contribution in [0.3, 0.4) is 0 Å². The fourth-order valence-corrected chi connectivity index (χ4v) is 5.86. The monoisotopic (exact) mass is 428 g/mol. The Hall–Kier alpha value is -2.39. The molecule has 2 aliphatic rings. The highest BCUT2D eigenvalue weighted by atomic mass is 16.1. The van der Waals surface area contributed by atoms with Crippen molar-refractivity contribution in [3.8, 4) is 0 Å². The first-order chi connectivity index (χ1) is 15.8. The molecule has 0 radical (unpaired) electrons. The van der Waals surface area contributed by atoms with E-state index in [2.05, 4.69) is 40.5 Å². The molecule has 1 amide bonds. The predicted octanol–water partition coefficient (Wildman–Crippen LogP) is 6.55. The largest absolute Gasteiger partial charge is 0.349 e. The zero-order chi connectivity index (χ0) is 21.8. The molecule has 168 valence electrons. The van der Waals surface area contributed by atoms with E-state index in [-0.39, 0.29) is 11.9 Å². The topological polar surface area (TPSA) is 32.3 Å². The Bertz CT molecular complexity index is 1010. The number of benzene rings is 3. The minimum absolute atomic E-state index is 0.0801. The zero-order valence-electron chi connectivity index (χ0n) is 19.2. The van der Waals surface area contributed by atoms with Crippen molar-refractivity contribution in [2.75, 3.05) is 19.6 Å². The van der Waals surface area contributed by atoms with Crippen molar-refractivity contribution in [2.24, 2.45) is 5.92 Å². The van der Waals surface area contributed by atoms with E-state index in [0.29, 0.717) is 0 Å². The van der Waals surface area contributed by atoms with Gasteiger partial charge in [0.1, 0.15) is 0 Å². The van der Waals surface area contributed by atoms with E-state index < -0.39 is 0 Å². The molecule has 1 N–H and O–H groups in total. The first-order valence-corrected chi connectivity index (χ1v) is 12.7. The molecular weight excluding hydrogens is 392 g/mol. The second-order valence-corrected chi connectivity index (χ2v) is 9.95. The van der Waals surface area contributed by atoms with Gasteiger partial charge in [-0.15, -0.1) is 0 Å². The number of amides is 1. The highest BCUT2D eigenvalue weighted by Gasteiger charge is 2.24. The van der Waals surface area contributed by atoms with Gasteiger partial charge >= 0.3 is 0 Å². The molecule has 1 heterocycles. The summed E-state index contributed by atoms with van der Waals surface area (Å²) in [5, 5.41) is 7.75. The normalized spacial score (nSPS) is 19.6. The van der Waals surface area contributed by atoms with E-state index in [1.165, 1.54) is 51.5 Å². The van der Waals surface area contributed by atoms with Gasteiger partial charge in [-0.3, -0.25) is 4.79 Å². The van der Waals surface area contributed by atoms with E-state index in [1.54, 1.807) is 0 Å². The fourth-order valence-electron chi connectivity index (χ4n) is 5.86. The highest BCUT2D eigenvalue weighted by molar-refractivity contribution is 6.18. The van der Waals surface area contributed by atoms with Crippen LogP contribution in [0.2, 0.25) is 0 Å². The first-order valence-electron chi connectivity index (χ1n) is 12.7. The Morgan fingerprint density at radius 2 is 1.34 bits per heavy atom. The maximum absolute atomic E-state index is 13.5. The van der Waals surface area contributed by atoms with Gasteiger partial charge in [0.2, 0.25) is 0 Å². The molecule has 1 aliphatic heterocycles. The number of fused-ring (bicyclic) bond motifs is 2. The summed E-state index contributed by atoms with van der Waals surface area (Å²) >= 11 is 0. The van der Waals surface area contributed by atoms with E-state index in [4.69, 9.17) is 0 Å². The summed E-state index contributed by atoms with van der Waals surface area (Å²) in [5.41, 5.74) is 0.829. The number of rotatable bonds is 4. The van der Waals surface area contributed by atoms with Crippen molar-refractivity contribution in [1.82, 2.24) is 10.2 Å².